The van der Waals surface area contributed by atoms with E-state index in [2.05, 4.69) is 32.6 Å². The number of nitrogens with one attached hydrogen (secondary N) is 2. The van der Waals surface area contributed by atoms with E-state index in [1.807, 2.05) is 18.2 Å². The molecule has 0 atom stereocenters. The number of hydrogen-bond donors (Lipinski definition) is 2. The Morgan fingerprint density at radius 2 is 2.21 bits per heavy atom. The molecule has 0 spiro atoms. The van der Waals surface area contributed by atoms with Crippen LogP contribution in [0, 0.1) is 0 Å². The second-order valence-corrected chi connectivity index (χ2v) is 5.02. The first-order valence-electron chi connectivity index (χ1n) is 7.75. The monoisotopic (exact) mass is 331 g/mol. The largest absolute Gasteiger partial charge is 0.493 e. The molecule has 2 rings (SSSR count). The molecule has 0 saturated heterocycles. The van der Waals surface area contributed by atoms with Gasteiger partial charge in [0.2, 0.25) is 5.95 Å². The Morgan fingerprint density at radius 1 is 1.33 bits per heavy atom. The van der Waals surface area contributed by atoms with Crippen molar-refractivity contribution in [2.75, 3.05) is 19.1 Å². The second-order valence-electron chi connectivity index (χ2n) is 5.02. The van der Waals surface area contributed by atoms with Crippen LogP contribution in [0.3, 0.4) is 0 Å². The lowest BCUT2D eigenvalue weighted by atomic mass is 10.2. The summed E-state index contributed by atoms with van der Waals surface area (Å²) < 4.78 is 11.1. The quantitative estimate of drug-likeness (QED) is 0.415. The zero-order valence-corrected chi connectivity index (χ0v) is 13.8. The number of hydrazone groups is 1. The summed E-state index contributed by atoms with van der Waals surface area (Å²) in [5.74, 6) is 1.52. The molecule has 0 aliphatic heterocycles. The predicted molar refractivity (Wildman–Crippen MR) is 91.9 cm³/mol. The summed E-state index contributed by atoms with van der Waals surface area (Å²) in [5.41, 5.74) is 3.06. The van der Waals surface area contributed by atoms with Gasteiger partial charge in [0, 0.05) is 0 Å². The maximum Gasteiger partial charge on any atom is 0.271 e. The molecule has 128 valence electrons. The van der Waals surface area contributed by atoms with Crippen LogP contribution in [0.25, 0.3) is 0 Å². The molecule has 2 N–H and O–H groups in total. The summed E-state index contributed by atoms with van der Waals surface area (Å²) >= 11 is 0. The fourth-order valence-corrected chi connectivity index (χ4v) is 1.95. The molecule has 1 heterocycles. The minimum atomic E-state index is -0.353. The predicted octanol–water partition coefficient (Wildman–Crippen LogP) is 2.19. The van der Waals surface area contributed by atoms with E-state index in [-0.39, 0.29) is 11.5 Å². The number of benzene rings is 1. The van der Waals surface area contributed by atoms with Crippen molar-refractivity contribution in [3.63, 3.8) is 0 Å². The van der Waals surface area contributed by atoms with Crippen molar-refractivity contribution in [3.05, 3.63) is 40.3 Å². The smallest absolute Gasteiger partial charge is 0.271 e. The first-order chi connectivity index (χ1) is 11.7. The van der Waals surface area contributed by atoms with Gasteiger partial charge in [-0.15, -0.1) is 10.2 Å². The van der Waals surface area contributed by atoms with Crippen molar-refractivity contribution >= 4 is 12.2 Å². The van der Waals surface area contributed by atoms with E-state index in [1.54, 1.807) is 13.3 Å². The molecule has 1 aromatic carbocycles. The van der Waals surface area contributed by atoms with Gasteiger partial charge >= 0.3 is 0 Å². The number of nitrogens with zero attached hydrogens (tertiary/aromatic N) is 3. The molecule has 0 fully saturated rings. The van der Waals surface area contributed by atoms with Gasteiger partial charge in [0.05, 0.1) is 19.9 Å². The number of ether oxygens (including phenoxy) is 2. The lowest BCUT2D eigenvalue weighted by molar-refractivity contribution is 0.286. The van der Waals surface area contributed by atoms with E-state index in [0.717, 1.165) is 31.0 Å². The molecular formula is C16H21N5O3. The summed E-state index contributed by atoms with van der Waals surface area (Å²) in [6, 6.07) is 5.53. The minimum absolute atomic E-state index is 0.168. The van der Waals surface area contributed by atoms with E-state index in [1.165, 1.54) is 0 Å². The Bertz CT molecular complexity index is 730. The summed E-state index contributed by atoms with van der Waals surface area (Å²) in [7, 11) is 1.59. The fourth-order valence-electron chi connectivity index (χ4n) is 1.95. The highest BCUT2D eigenvalue weighted by Gasteiger charge is 2.05. The number of H-pyrrole nitrogens is 1. The van der Waals surface area contributed by atoms with Crippen molar-refractivity contribution in [1.82, 2.24) is 15.2 Å². The van der Waals surface area contributed by atoms with Gasteiger partial charge in [-0.25, -0.2) is 5.43 Å². The molecule has 0 bridgehead atoms. The van der Waals surface area contributed by atoms with Crippen molar-refractivity contribution in [3.8, 4) is 11.5 Å². The van der Waals surface area contributed by atoms with Gasteiger partial charge in [-0.05, 0) is 30.2 Å². The number of hydrogen-bond acceptors (Lipinski definition) is 7. The van der Waals surface area contributed by atoms with Crippen LogP contribution in [-0.2, 0) is 0 Å². The fraction of sp³-hybridized carbons (Fsp3) is 0.375. The van der Waals surface area contributed by atoms with Gasteiger partial charge in [0.25, 0.3) is 5.56 Å². The lowest BCUT2D eigenvalue weighted by Crippen LogP contribution is -2.10. The van der Waals surface area contributed by atoms with Gasteiger partial charge in [-0.1, -0.05) is 19.8 Å². The van der Waals surface area contributed by atoms with E-state index in [9.17, 15) is 4.79 Å². The molecule has 0 radical (unpaired) electrons. The Kier molecular flexibility index (Phi) is 6.75. The van der Waals surface area contributed by atoms with E-state index in [4.69, 9.17) is 9.47 Å². The molecule has 0 saturated carbocycles. The van der Waals surface area contributed by atoms with Gasteiger partial charge in [-0.3, -0.25) is 9.78 Å². The summed E-state index contributed by atoms with van der Waals surface area (Å²) in [5, 5.41) is 11.2. The highest BCUT2D eigenvalue weighted by atomic mass is 16.5. The maximum absolute atomic E-state index is 11.1. The molecule has 8 heteroatoms. The van der Waals surface area contributed by atoms with Crippen LogP contribution in [0.5, 0.6) is 11.5 Å². The van der Waals surface area contributed by atoms with Crippen molar-refractivity contribution in [2.24, 2.45) is 5.10 Å². The van der Waals surface area contributed by atoms with Gasteiger partial charge in [0.1, 0.15) is 6.20 Å². The molecule has 0 aliphatic rings. The zero-order valence-electron chi connectivity index (χ0n) is 13.8. The first kappa shape index (κ1) is 17.5. The van der Waals surface area contributed by atoms with Crippen LogP contribution in [0.1, 0.15) is 31.7 Å². The topological polar surface area (TPSA) is 101 Å². The Hall–Kier alpha value is -2.90. The van der Waals surface area contributed by atoms with E-state index < -0.39 is 0 Å². The molecule has 0 aliphatic carbocycles. The summed E-state index contributed by atoms with van der Waals surface area (Å²) in [6.07, 6.45) is 5.97. The summed E-state index contributed by atoms with van der Waals surface area (Å²) in [6.45, 7) is 2.82. The number of rotatable bonds is 9. The second kappa shape index (κ2) is 9.29. The van der Waals surface area contributed by atoms with Gasteiger partial charge in [0.15, 0.2) is 11.5 Å². The summed E-state index contributed by atoms with van der Waals surface area (Å²) in [4.78, 5) is 13.6. The molecule has 2 aromatic rings. The lowest BCUT2D eigenvalue weighted by Gasteiger charge is -2.11. The van der Waals surface area contributed by atoms with E-state index in [0.29, 0.717) is 18.1 Å². The van der Waals surface area contributed by atoms with Gasteiger partial charge in [-0.2, -0.15) is 5.10 Å². The number of aromatic amines is 1. The van der Waals surface area contributed by atoms with Crippen LogP contribution in [-0.4, -0.2) is 35.1 Å². The first-order valence-corrected chi connectivity index (χ1v) is 7.75. The van der Waals surface area contributed by atoms with Crippen LogP contribution < -0.4 is 20.5 Å². The molecule has 8 nitrogen and oxygen atoms in total. The van der Waals surface area contributed by atoms with Gasteiger partial charge < -0.3 is 9.47 Å². The molecule has 0 amide bonds. The minimum Gasteiger partial charge on any atom is -0.493 e. The molecule has 24 heavy (non-hydrogen) atoms. The van der Waals surface area contributed by atoms with Crippen molar-refractivity contribution in [2.45, 2.75) is 26.2 Å². The van der Waals surface area contributed by atoms with Crippen LogP contribution in [0.2, 0.25) is 0 Å². The van der Waals surface area contributed by atoms with Crippen molar-refractivity contribution < 1.29 is 9.47 Å². The number of aromatic nitrogens is 3. The molecule has 1 aromatic heterocycles. The number of methoxy groups -OCH3 is 1. The average Bonchev–Trinajstić information content (AvgIpc) is 2.59. The zero-order chi connectivity index (χ0) is 17.2. The highest BCUT2D eigenvalue weighted by molar-refractivity contribution is 5.81. The number of unbranched alkanes of at least 4 members (excludes halogenated alkanes) is 2. The highest BCUT2D eigenvalue weighted by Crippen LogP contribution is 2.27. The van der Waals surface area contributed by atoms with Crippen molar-refractivity contribution in [1.29, 1.82) is 0 Å². The Labute approximate surface area is 139 Å². The Morgan fingerprint density at radius 3 is 2.96 bits per heavy atom. The van der Waals surface area contributed by atoms with E-state index >= 15 is 0 Å². The number of anilines is 1. The third-order valence-corrected chi connectivity index (χ3v) is 3.15. The maximum atomic E-state index is 11.1. The molecular weight excluding hydrogens is 310 g/mol. The molecule has 0 unspecified atom stereocenters. The van der Waals surface area contributed by atoms with Crippen LogP contribution >= 0.6 is 0 Å². The average molecular weight is 331 g/mol. The van der Waals surface area contributed by atoms with Crippen LogP contribution in [0.4, 0.5) is 5.95 Å². The third-order valence-electron chi connectivity index (χ3n) is 3.15. The Balaban J connectivity index is 1.98. The normalized spacial score (nSPS) is 10.8. The SMILES string of the molecule is CCCCCOc1ccc(/C=N/Nc2nncc(=O)[nH]2)cc1OC. The third kappa shape index (κ3) is 5.38. The standard InChI is InChI=1S/C16H21N5O3/c1-3-4-5-8-24-13-7-6-12(9-14(13)23-2)10-17-20-16-19-15(22)11-18-21-16/h6-7,9-11H,3-5,8H2,1-2H3,(H2,19,20,21,22)/b17-10+. The van der Waals surface area contributed by atoms with Crippen LogP contribution in [0.15, 0.2) is 34.3 Å².